The molecule has 3 unspecified atom stereocenters. The van der Waals surface area contributed by atoms with Gasteiger partial charge in [0.1, 0.15) is 11.5 Å². The van der Waals surface area contributed by atoms with Crippen molar-refractivity contribution in [2.45, 2.75) is 31.7 Å². The van der Waals surface area contributed by atoms with Crippen LogP contribution in [0.2, 0.25) is 0 Å². The van der Waals surface area contributed by atoms with Gasteiger partial charge in [-0.25, -0.2) is 0 Å². The maximum Gasteiger partial charge on any atom is 0.121 e. The molecule has 3 rings (SSSR count). The summed E-state index contributed by atoms with van der Waals surface area (Å²) in [5, 5.41) is 0. The lowest BCUT2D eigenvalue weighted by molar-refractivity contribution is 0.414. The Morgan fingerprint density at radius 1 is 1.22 bits per heavy atom. The number of rotatable bonds is 4. The molecule has 3 atom stereocenters. The average Bonchev–Trinajstić information content (AvgIpc) is 3.08. The van der Waals surface area contributed by atoms with Crippen molar-refractivity contribution in [1.82, 2.24) is 0 Å². The molecule has 18 heavy (non-hydrogen) atoms. The zero-order valence-electron chi connectivity index (χ0n) is 10.7. The molecule has 0 bridgehead atoms. The summed E-state index contributed by atoms with van der Waals surface area (Å²) in [4.78, 5) is 0. The first kappa shape index (κ1) is 11.5. The van der Waals surface area contributed by atoms with Crippen molar-refractivity contribution < 1.29 is 4.42 Å². The van der Waals surface area contributed by atoms with E-state index in [0.29, 0.717) is 11.8 Å². The highest BCUT2D eigenvalue weighted by Gasteiger charge is 2.43. The maximum absolute atomic E-state index is 6.30. The van der Waals surface area contributed by atoms with Crippen LogP contribution in [-0.4, -0.2) is 0 Å². The first-order valence-electron chi connectivity index (χ1n) is 6.68. The molecule has 1 aliphatic rings. The first-order chi connectivity index (χ1) is 8.79. The van der Waals surface area contributed by atoms with Crippen molar-refractivity contribution in [2.75, 3.05) is 0 Å². The van der Waals surface area contributed by atoms with E-state index in [2.05, 4.69) is 37.3 Å². The van der Waals surface area contributed by atoms with Crippen LogP contribution in [0.15, 0.2) is 46.9 Å². The summed E-state index contributed by atoms with van der Waals surface area (Å²) in [6.07, 6.45) is 2.10. The molecule has 1 fully saturated rings. The van der Waals surface area contributed by atoms with E-state index in [1.807, 2.05) is 12.1 Å². The molecule has 1 heterocycles. The highest BCUT2D eigenvalue weighted by molar-refractivity contribution is 5.28. The fourth-order valence-electron chi connectivity index (χ4n) is 2.67. The van der Waals surface area contributed by atoms with Crippen LogP contribution in [0, 0.1) is 5.92 Å². The second-order valence-corrected chi connectivity index (χ2v) is 5.10. The highest BCUT2D eigenvalue weighted by atomic mass is 16.3. The van der Waals surface area contributed by atoms with Gasteiger partial charge in [-0.1, -0.05) is 37.3 Å². The Morgan fingerprint density at radius 2 is 2.00 bits per heavy atom. The smallest absolute Gasteiger partial charge is 0.121 e. The third kappa shape index (κ3) is 2.08. The van der Waals surface area contributed by atoms with E-state index in [-0.39, 0.29) is 6.04 Å². The number of furan rings is 1. The minimum atomic E-state index is 0.0375. The molecule has 0 amide bonds. The minimum absolute atomic E-state index is 0.0375. The molecule has 2 N–H and O–H groups in total. The fourth-order valence-corrected chi connectivity index (χ4v) is 2.67. The van der Waals surface area contributed by atoms with Crippen molar-refractivity contribution in [3.8, 4) is 0 Å². The molecule has 2 heteroatoms. The first-order valence-corrected chi connectivity index (χ1v) is 6.68. The average molecular weight is 241 g/mol. The zero-order valence-corrected chi connectivity index (χ0v) is 10.7. The lowest BCUT2D eigenvalue weighted by Crippen LogP contribution is -2.12. The van der Waals surface area contributed by atoms with E-state index in [9.17, 15) is 0 Å². The highest BCUT2D eigenvalue weighted by Crippen LogP contribution is 2.53. The molecular weight excluding hydrogens is 222 g/mol. The van der Waals surface area contributed by atoms with Crippen LogP contribution in [0.4, 0.5) is 0 Å². The largest absolute Gasteiger partial charge is 0.464 e. The zero-order chi connectivity index (χ0) is 12.5. The topological polar surface area (TPSA) is 39.2 Å². The van der Waals surface area contributed by atoms with Crippen molar-refractivity contribution in [3.63, 3.8) is 0 Å². The Kier molecular flexibility index (Phi) is 2.96. The minimum Gasteiger partial charge on any atom is -0.464 e. The molecule has 2 aromatic rings. The van der Waals surface area contributed by atoms with E-state index in [1.54, 1.807) is 0 Å². The normalized spacial score (nSPS) is 23.9. The van der Waals surface area contributed by atoms with Crippen LogP contribution < -0.4 is 5.73 Å². The second-order valence-electron chi connectivity index (χ2n) is 5.10. The Labute approximate surface area is 108 Å². The maximum atomic E-state index is 6.30. The summed E-state index contributed by atoms with van der Waals surface area (Å²) >= 11 is 0. The van der Waals surface area contributed by atoms with Gasteiger partial charge in [0.05, 0.1) is 6.04 Å². The summed E-state index contributed by atoms with van der Waals surface area (Å²) < 4.78 is 5.76. The number of nitrogens with two attached hydrogens (primary N) is 1. The van der Waals surface area contributed by atoms with Crippen molar-refractivity contribution in [1.29, 1.82) is 0 Å². The second kappa shape index (κ2) is 4.62. The standard InChI is InChI=1S/C16H19NO/c1-2-12-8-9-15(18-12)16(17)14-10-13(14)11-6-4-3-5-7-11/h3-9,13-14,16H,2,10,17H2,1H3. The van der Waals surface area contributed by atoms with Crippen molar-refractivity contribution in [3.05, 3.63) is 59.5 Å². The number of aryl methyl sites for hydroxylation is 1. The lowest BCUT2D eigenvalue weighted by Gasteiger charge is -2.08. The monoisotopic (exact) mass is 241 g/mol. The van der Waals surface area contributed by atoms with Gasteiger partial charge >= 0.3 is 0 Å². The van der Waals surface area contributed by atoms with Gasteiger partial charge < -0.3 is 10.2 Å². The quantitative estimate of drug-likeness (QED) is 0.887. The summed E-state index contributed by atoms with van der Waals surface area (Å²) in [7, 11) is 0. The fraction of sp³-hybridized carbons (Fsp3) is 0.375. The molecule has 94 valence electrons. The summed E-state index contributed by atoms with van der Waals surface area (Å²) in [6, 6.07) is 14.7. The molecule has 0 spiro atoms. The van der Waals surface area contributed by atoms with Gasteiger partial charge in [-0.05, 0) is 36.0 Å². The lowest BCUT2D eigenvalue weighted by atomic mass is 10.0. The van der Waals surface area contributed by atoms with Crippen LogP contribution in [0.1, 0.15) is 42.4 Å². The van der Waals surface area contributed by atoms with Gasteiger partial charge in [0.25, 0.3) is 0 Å². The van der Waals surface area contributed by atoms with Gasteiger partial charge in [0.15, 0.2) is 0 Å². The van der Waals surface area contributed by atoms with Crippen LogP contribution >= 0.6 is 0 Å². The molecule has 0 saturated heterocycles. The Balaban J connectivity index is 1.70. The third-order valence-electron chi connectivity index (χ3n) is 3.89. The van der Waals surface area contributed by atoms with Crippen LogP contribution in [-0.2, 0) is 6.42 Å². The molecule has 1 aliphatic carbocycles. The van der Waals surface area contributed by atoms with E-state index in [0.717, 1.165) is 17.9 Å². The molecule has 0 radical (unpaired) electrons. The summed E-state index contributed by atoms with van der Waals surface area (Å²) in [5.41, 5.74) is 7.71. The van der Waals surface area contributed by atoms with Crippen molar-refractivity contribution >= 4 is 0 Å². The Bertz CT molecular complexity index is 517. The van der Waals surface area contributed by atoms with E-state index in [1.165, 1.54) is 12.0 Å². The molecule has 1 saturated carbocycles. The summed E-state index contributed by atoms with van der Waals surface area (Å²) in [6.45, 7) is 2.10. The molecule has 1 aromatic heterocycles. The molecule has 1 aromatic carbocycles. The SMILES string of the molecule is CCc1ccc(C(N)C2CC2c2ccccc2)o1. The molecular formula is C16H19NO. The van der Waals surface area contributed by atoms with E-state index >= 15 is 0 Å². The van der Waals surface area contributed by atoms with Crippen LogP contribution in [0.25, 0.3) is 0 Å². The van der Waals surface area contributed by atoms with Gasteiger partial charge in [-0.3, -0.25) is 0 Å². The Morgan fingerprint density at radius 3 is 2.67 bits per heavy atom. The van der Waals surface area contributed by atoms with Crippen molar-refractivity contribution in [2.24, 2.45) is 11.7 Å². The Hall–Kier alpha value is -1.54. The predicted molar refractivity (Wildman–Crippen MR) is 72.3 cm³/mol. The molecule has 2 nitrogen and oxygen atoms in total. The number of hydrogen-bond donors (Lipinski definition) is 1. The van der Waals surface area contributed by atoms with E-state index < -0.39 is 0 Å². The van der Waals surface area contributed by atoms with Crippen LogP contribution in [0.3, 0.4) is 0 Å². The van der Waals surface area contributed by atoms with Gasteiger partial charge in [0.2, 0.25) is 0 Å². The van der Waals surface area contributed by atoms with E-state index in [4.69, 9.17) is 10.2 Å². The number of hydrogen-bond acceptors (Lipinski definition) is 2. The van der Waals surface area contributed by atoms with Gasteiger partial charge in [0, 0.05) is 6.42 Å². The molecule has 0 aliphatic heterocycles. The van der Waals surface area contributed by atoms with Gasteiger partial charge in [-0.2, -0.15) is 0 Å². The number of benzene rings is 1. The third-order valence-corrected chi connectivity index (χ3v) is 3.89. The van der Waals surface area contributed by atoms with Gasteiger partial charge in [-0.15, -0.1) is 0 Å². The summed E-state index contributed by atoms with van der Waals surface area (Å²) in [5.74, 6) is 3.10. The van der Waals surface area contributed by atoms with Crippen LogP contribution in [0.5, 0.6) is 0 Å². The predicted octanol–water partition coefficient (Wildman–Crippen LogP) is 3.65.